The molecule has 10 heteroatoms. The van der Waals surface area contributed by atoms with Gasteiger partial charge in [0.1, 0.15) is 5.82 Å². The van der Waals surface area contributed by atoms with Crippen LogP contribution in [0.15, 0.2) is 41.2 Å². The lowest BCUT2D eigenvalue weighted by Crippen LogP contribution is -2.45. The number of rotatable bonds is 6. The molecule has 0 saturated carbocycles. The fourth-order valence-electron chi connectivity index (χ4n) is 4.01. The van der Waals surface area contributed by atoms with Crippen molar-refractivity contribution in [3.63, 3.8) is 0 Å². The molecule has 1 aliphatic rings. The Bertz CT molecular complexity index is 1190. The molecule has 3 aromatic rings. The Labute approximate surface area is 188 Å². The van der Waals surface area contributed by atoms with Gasteiger partial charge in [0.25, 0.3) is 5.56 Å². The van der Waals surface area contributed by atoms with Crippen LogP contribution in [0.4, 0.5) is 13.2 Å². The van der Waals surface area contributed by atoms with Crippen LogP contribution < -0.4 is 15.0 Å². The predicted octanol–water partition coefficient (Wildman–Crippen LogP) is 3.28. The standard InChI is InChI=1S/C23H25F3N4O3/c1-32-19-11-17-18(12-20(19)33-2)27-21(28-22(17)31)14-30-8-6-29(7-9-30)13-15-4-3-5-16(10-15)23(24,25)26/h3-5,10-12H,6-9,13-14H2,1-2H3,(H,27,28,31). The zero-order chi connectivity index (χ0) is 23.6. The molecule has 1 N–H and O–H groups in total. The minimum atomic E-state index is -4.34. The lowest BCUT2D eigenvalue weighted by atomic mass is 10.1. The molecule has 1 fully saturated rings. The first-order valence-electron chi connectivity index (χ1n) is 10.5. The maximum absolute atomic E-state index is 12.9. The molecule has 1 aromatic heterocycles. The first-order chi connectivity index (χ1) is 15.8. The van der Waals surface area contributed by atoms with E-state index < -0.39 is 11.7 Å². The van der Waals surface area contributed by atoms with E-state index in [1.54, 1.807) is 18.2 Å². The van der Waals surface area contributed by atoms with Gasteiger partial charge in [0, 0.05) is 38.8 Å². The highest BCUT2D eigenvalue weighted by molar-refractivity contribution is 5.81. The Hall–Kier alpha value is -3.11. The van der Waals surface area contributed by atoms with Gasteiger partial charge in [0.2, 0.25) is 0 Å². The Morgan fingerprint density at radius 1 is 0.970 bits per heavy atom. The molecule has 0 bridgehead atoms. The van der Waals surface area contributed by atoms with Crippen LogP contribution in [-0.2, 0) is 19.3 Å². The summed E-state index contributed by atoms with van der Waals surface area (Å²) in [4.78, 5) is 24.3. The maximum atomic E-state index is 12.9. The number of benzene rings is 2. The molecule has 2 heterocycles. The lowest BCUT2D eigenvalue weighted by Gasteiger charge is -2.34. The number of alkyl halides is 3. The third kappa shape index (κ3) is 5.28. The molecular weight excluding hydrogens is 437 g/mol. The van der Waals surface area contributed by atoms with E-state index in [4.69, 9.17) is 9.47 Å². The number of ether oxygens (including phenoxy) is 2. The first-order valence-corrected chi connectivity index (χ1v) is 10.5. The van der Waals surface area contributed by atoms with Crippen molar-refractivity contribution in [3.05, 3.63) is 63.7 Å². The van der Waals surface area contributed by atoms with Crippen molar-refractivity contribution in [3.8, 4) is 11.5 Å². The van der Waals surface area contributed by atoms with E-state index >= 15 is 0 Å². The van der Waals surface area contributed by atoms with Gasteiger partial charge in [-0.3, -0.25) is 14.6 Å². The summed E-state index contributed by atoms with van der Waals surface area (Å²) in [5, 5.41) is 0.419. The van der Waals surface area contributed by atoms with Crippen LogP contribution in [0.3, 0.4) is 0 Å². The highest BCUT2D eigenvalue weighted by Gasteiger charge is 2.30. The summed E-state index contributed by atoms with van der Waals surface area (Å²) in [6.07, 6.45) is -4.34. The minimum absolute atomic E-state index is 0.251. The third-order valence-electron chi connectivity index (χ3n) is 5.76. The highest BCUT2D eigenvalue weighted by atomic mass is 19.4. The summed E-state index contributed by atoms with van der Waals surface area (Å²) in [5.41, 5.74) is 0.288. The Balaban J connectivity index is 1.40. The topological polar surface area (TPSA) is 70.7 Å². The summed E-state index contributed by atoms with van der Waals surface area (Å²) in [6.45, 7) is 3.78. The molecule has 1 saturated heterocycles. The molecule has 1 aliphatic heterocycles. The van der Waals surface area contributed by atoms with E-state index in [0.717, 1.165) is 6.07 Å². The van der Waals surface area contributed by atoms with Crippen LogP contribution in [0, 0.1) is 0 Å². The van der Waals surface area contributed by atoms with Crippen molar-refractivity contribution in [2.24, 2.45) is 0 Å². The lowest BCUT2D eigenvalue weighted by molar-refractivity contribution is -0.137. The molecule has 0 atom stereocenters. The molecule has 0 amide bonds. The van der Waals surface area contributed by atoms with Gasteiger partial charge in [-0.15, -0.1) is 0 Å². The number of hydrogen-bond acceptors (Lipinski definition) is 6. The van der Waals surface area contributed by atoms with Crippen LogP contribution in [0.2, 0.25) is 0 Å². The van der Waals surface area contributed by atoms with E-state index in [0.29, 0.717) is 73.1 Å². The predicted molar refractivity (Wildman–Crippen MR) is 117 cm³/mol. The number of methoxy groups -OCH3 is 2. The summed E-state index contributed by atoms with van der Waals surface area (Å²) >= 11 is 0. The number of aromatic amines is 1. The summed E-state index contributed by atoms with van der Waals surface area (Å²) in [7, 11) is 3.03. The van der Waals surface area contributed by atoms with Crippen molar-refractivity contribution >= 4 is 10.9 Å². The molecule has 2 aromatic carbocycles. The van der Waals surface area contributed by atoms with E-state index in [-0.39, 0.29) is 5.56 Å². The van der Waals surface area contributed by atoms with Crippen LogP contribution in [0.25, 0.3) is 10.9 Å². The molecule has 33 heavy (non-hydrogen) atoms. The fourth-order valence-corrected chi connectivity index (χ4v) is 4.01. The second kappa shape index (κ2) is 9.40. The number of nitrogens with one attached hydrogen (secondary N) is 1. The molecule has 176 valence electrons. The van der Waals surface area contributed by atoms with Crippen LogP contribution >= 0.6 is 0 Å². The van der Waals surface area contributed by atoms with E-state index in [1.165, 1.54) is 26.4 Å². The molecule has 0 aliphatic carbocycles. The number of hydrogen-bond donors (Lipinski definition) is 1. The van der Waals surface area contributed by atoms with E-state index in [2.05, 4.69) is 19.8 Å². The summed E-state index contributed by atoms with van der Waals surface area (Å²) in [5.74, 6) is 1.50. The Kier molecular flexibility index (Phi) is 6.57. The molecule has 7 nitrogen and oxygen atoms in total. The van der Waals surface area contributed by atoms with Gasteiger partial charge in [0.05, 0.1) is 37.2 Å². The smallest absolute Gasteiger partial charge is 0.416 e. The van der Waals surface area contributed by atoms with Crippen LogP contribution in [-0.4, -0.2) is 60.2 Å². The number of H-pyrrole nitrogens is 1. The van der Waals surface area contributed by atoms with E-state index in [9.17, 15) is 18.0 Å². The number of halogens is 3. The number of piperazine rings is 1. The fraction of sp³-hybridized carbons (Fsp3) is 0.391. The minimum Gasteiger partial charge on any atom is -0.493 e. The van der Waals surface area contributed by atoms with Crippen molar-refractivity contribution in [2.75, 3.05) is 40.4 Å². The molecule has 0 unspecified atom stereocenters. The summed E-state index contributed by atoms with van der Waals surface area (Å²) < 4.78 is 49.4. The zero-order valence-electron chi connectivity index (χ0n) is 18.4. The second-order valence-corrected chi connectivity index (χ2v) is 7.99. The van der Waals surface area contributed by atoms with Gasteiger partial charge in [-0.25, -0.2) is 4.98 Å². The first kappa shape index (κ1) is 23.1. The average molecular weight is 462 g/mol. The van der Waals surface area contributed by atoms with Gasteiger partial charge in [0.15, 0.2) is 11.5 Å². The van der Waals surface area contributed by atoms with Crippen LogP contribution in [0.1, 0.15) is 17.0 Å². The highest BCUT2D eigenvalue weighted by Crippen LogP contribution is 2.31. The van der Waals surface area contributed by atoms with Crippen molar-refractivity contribution in [2.45, 2.75) is 19.3 Å². The van der Waals surface area contributed by atoms with Gasteiger partial charge in [-0.05, 0) is 17.7 Å². The van der Waals surface area contributed by atoms with Crippen molar-refractivity contribution in [1.82, 2.24) is 19.8 Å². The SMILES string of the molecule is COc1cc2nc(CN3CCN(Cc4cccc(C(F)(F)F)c4)CC3)[nH]c(=O)c2cc1OC. The van der Waals surface area contributed by atoms with Crippen LogP contribution in [0.5, 0.6) is 11.5 Å². The Morgan fingerprint density at radius 3 is 2.24 bits per heavy atom. The van der Waals surface area contributed by atoms with Gasteiger partial charge in [-0.2, -0.15) is 13.2 Å². The van der Waals surface area contributed by atoms with Gasteiger partial charge >= 0.3 is 6.18 Å². The van der Waals surface area contributed by atoms with E-state index in [1.807, 2.05) is 0 Å². The molecule has 4 rings (SSSR count). The zero-order valence-corrected chi connectivity index (χ0v) is 18.4. The van der Waals surface area contributed by atoms with Crippen molar-refractivity contribution in [1.29, 1.82) is 0 Å². The molecular formula is C23H25F3N4O3. The second-order valence-electron chi connectivity index (χ2n) is 7.99. The molecule has 0 spiro atoms. The Morgan fingerprint density at radius 2 is 1.61 bits per heavy atom. The largest absolute Gasteiger partial charge is 0.493 e. The molecule has 0 radical (unpaired) electrons. The van der Waals surface area contributed by atoms with Crippen molar-refractivity contribution < 1.29 is 22.6 Å². The number of fused-ring (bicyclic) bond motifs is 1. The monoisotopic (exact) mass is 462 g/mol. The summed E-state index contributed by atoms with van der Waals surface area (Å²) in [6, 6.07) is 8.75. The van der Waals surface area contributed by atoms with Gasteiger partial charge < -0.3 is 14.5 Å². The average Bonchev–Trinajstić information content (AvgIpc) is 2.79. The third-order valence-corrected chi connectivity index (χ3v) is 5.76. The van der Waals surface area contributed by atoms with Gasteiger partial charge in [-0.1, -0.05) is 18.2 Å². The normalized spacial score (nSPS) is 15.7. The number of aromatic nitrogens is 2. The number of nitrogens with zero attached hydrogens (tertiary/aromatic N) is 3. The quantitative estimate of drug-likeness (QED) is 0.607. The maximum Gasteiger partial charge on any atom is 0.416 e.